The summed E-state index contributed by atoms with van der Waals surface area (Å²) < 4.78 is 35.6. The fourth-order valence-corrected chi connectivity index (χ4v) is 3.96. The number of carbonyl (C=O) groups is 1. The standard InChI is InChI=1S/C12H10ClFN2O3S2/c1-6-5-8(3-4-9(6)14)10(17)16-12-15-7(2)11(20-12)21(13,18)19/h3-5H,1-2H3,(H,15,16,17). The minimum Gasteiger partial charge on any atom is -0.298 e. The topological polar surface area (TPSA) is 76.1 Å². The minimum absolute atomic E-state index is 0.110. The zero-order valence-electron chi connectivity index (χ0n) is 11.0. The van der Waals surface area contributed by atoms with Gasteiger partial charge in [-0.05, 0) is 37.6 Å². The minimum atomic E-state index is -3.90. The van der Waals surface area contributed by atoms with Crippen LogP contribution < -0.4 is 5.32 Å². The summed E-state index contributed by atoms with van der Waals surface area (Å²) in [6.07, 6.45) is 0. The molecule has 2 aromatic rings. The first-order chi connectivity index (χ1) is 9.68. The third kappa shape index (κ3) is 3.58. The van der Waals surface area contributed by atoms with Crippen molar-refractivity contribution in [3.8, 4) is 0 Å². The summed E-state index contributed by atoms with van der Waals surface area (Å²) in [7, 11) is 1.36. The highest BCUT2D eigenvalue weighted by molar-refractivity contribution is 8.15. The van der Waals surface area contributed by atoms with Crippen molar-refractivity contribution in [2.75, 3.05) is 5.32 Å². The van der Waals surface area contributed by atoms with E-state index in [-0.39, 0.29) is 20.6 Å². The van der Waals surface area contributed by atoms with Crippen LogP contribution in [-0.4, -0.2) is 19.3 Å². The molecule has 1 heterocycles. The number of aromatic nitrogens is 1. The number of rotatable bonds is 3. The first-order valence-electron chi connectivity index (χ1n) is 5.68. The number of nitrogens with one attached hydrogen (secondary N) is 1. The number of amides is 1. The van der Waals surface area contributed by atoms with Crippen molar-refractivity contribution in [3.05, 3.63) is 40.8 Å². The maximum atomic E-state index is 13.2. The predicted molar refractivity (Wildman–Crippen MR) is 79.0 cm³/mol. The molecule has 0 radical (unpaired) electrons. The largest absolute Gasteiger partial charge is 0.298 e. The van der Waals surface area contributed by atoms with E-state index in [9.17, 15) is 17.6 Å². The van der Waals surface area contributed by atoms with Gasteiger partial charge in [-0.15, -0.1) is 0 Å². The van der Waals surface area contributed by atoms with Crippen LogP contribution in [0.4, 0.5) is 9.52 Å². The van der Waals surface area contributed by atoms with E-state index < -0.39 is 20.8 Å². The molecule has 112 valence electrons. The monoisotopic (exact) mass is 348 g/mol. The molecule has 0 saturated carbocycles. The second kappa shape index (κ2) is 5.70. The maximum Gasteiger partial charge on any atom is 0.272 e. The van der Waals surface area contributed by atoms with E-state index >= 15 is 0 Å². The van der Waals surface area contributed by atoms with E-state index in [4.69, 9.17) is 10.7 Å². The summed E-state index contributed by atoms with van der Waals surface area (Å²) in [6, 6.07) is 3.91. The molecule has 1 aromatic heterocycles. The second-order valence-corrected chi connectivity index (χ2v) is 8.01. The number of benzene rings is 1. The van der Waals surface area contributed by atoms with Crippen molar-refractivity contribution in [2.24, 2.45) is 0 Å². The Morgan fingerprint density at radius 3 is 2.57 bits per heavy atom. The smallest absolute Gasteiger partial charge is 0.272 e. The molecule has 0 spiro atoms. The summed E-state index contributed by atoms with van der Waals surface area (Å²) in [5.74, 6) is -0.919. The number of hydrogen-bond donors (Lipinski definition) is 1. The Morgan fingerprint density at radius 2 is 2.05 bits per heavy atom. The second-order valence-electron chi connectivity index (χ2n) is 4.25. The highest BCUT2D eigenvalue weighted by Crippen LogP contribution is 2.29. The predicted octanol–water partition coefficient (Wildman–Crippen LogP) is 3.08. The molecule has 0 saturated heterocycles. The number of halogens is 2. The number of thiazole rings is 1. The molecule has 2 rings (SSSR count). The van der Waals surface area contributed by atoms with Crippen LogP contribution in [0.15, 0.2) is 22.4 Å². The molecule has 0 fully saturated rings. The lowest BCUT2D eigenvalue weighted by molar-refractivity contribution is 0.102. The van der Waals surface area contributed by atoms with Gasteiger partial charge in [0.2, 0.25) is 0 Å². The Bertz CT molecular complexity index is 818. The van der Waals surface area contributed by atoms with Gasteiger partial charge in [0.05, 0.1) is 5.69 Å². The quantitative estimate of drug-likeness (QED) is 0.865. The number of aryl methyl sites for hydroxylation is 2. The van der Waals surface area contributed by atoms with Gasteiger partial charge in [-0.3, -0.25) is 10.1 Å². The van der Waals surface area contributed by atoms with Gasteiger partial charge in [-0.25, -0.2) is 17.8 Å². The van der Waals surface area contributed by atoms with Crippen LogP contribution in [0.3, 0.4) is 0 Å². The van der Waals surface area contributed by atoms with E-state index in [0.717, 1.165) is 11.3 Å². The van der Waals surface area contributed by atoms with Gasteiger partial charge in [-0.1, -0.05) is 11.3 Å². The van der Waals surface area contributed by atoms with Crippen LogP contribution in [0.25, 0.3) is 0 Å². The molecular formula is C12H10ClFN2O3S2. The summed E-state index contributed by atoms with van der Waals surface area (Å²) in [6.45, 7) is 3.02. The van der Waals surface area contributed by atoms with Gasteiger partial charge in [0.15, 0.2) is 9.34 Å². The highest BCUT2D eigenvalue weighted by Gasteiger charge is 2.20. The van der Waals surface area contributed by atoms with Crippen LogP contribution in [0.5, 0.6) is 0 Å². The highest BCUT2D eigenvalue weighted by atomic mass is 35.7. The summed E-state index contributed by atoms with van der Waals surface area (Å²) in [4.78, 5) is 15.9. The van der Waals surface area contributed by atoms with Crippen LogP contribution >= 0.6 is 22.0 Å². The lowest BCUT2D eigenvalue weighted by Gasteiger charge is -2.03. The van der Waals surface area contributed by atoms with Crippen LogP contribution in [0.2, 0.25) is 0 Å². The van der Waals surface area contributed by atoms with Crippen LogP contribution in [-0.2, 0) is 9.05 Å². The van der Waals surface area contributed by atoms with E-state index in [0.29, 0.717) is 5.56 Å². The third-order valence-electron chi connectivity index (χ3n) is 2.62. The van der Waals surface area contributed by atoms with E-state index in [1.807, 2.05) is 0 Å². The molecular weight excluding hydrogens is 339 g/mol. The van der Waals surface area contributed by atoms with E-state index in [1.54, 1.807) is 0 Å². The van der Waals surface area contributed by atoms with Crippen molar-refractivity contribution in [1.82, 2.24) is 4.98 Å². The molecule has 21 heavy (non-hydrogen) atoms. The van der Waals surface area contributed by atoms with Crippen LogP contribution in [0, 0.1) is 19.7 Å². The van der Waals surface area contributed by atoms with E-state index in [2.05, 4.69) is 10.3 Å². The Kier molecular flexibility index (Phi) is 4.31. The Balaban J connectivity index is 2.26. The number of anilines is 1. The fourth-order valence-electron chi connectivity index (χ4n) is 1.62. The molecule has 1 N–H and O–H groups in total. The van der Waals surface area contributed by atoms with Gasteiger partial charge < -0.3 is 0 Å². The zero-order valence-corrected chi connectivity index (χ0v) is 13.4. The molecule has 0 unspecified atom stereocenters. The Morgan fingerprint density at radius 1 is 1.38 bits per heavy atom. The van der Waals surface area contributed by atoms with Crippen molar-refractivity contribution in [1.29, 1.82) is 0 Å². The summed E-state index contributed by atoms with van der Waals surface area (Å²) in [5, 5.41) is 2.57. The number of carbonyl (C=O) groups excluding carboxylic acids is 1. The average molecular weight is 349 g/mol. The molecule has 0 aliphatic heterocycles. The van der Waals surface area contributed by atoms with Gasteiger partial charge >= 0.3 is 0 Å². The maximum absolute atomic E-state index is 13.2. The average Bonchev–Trinajstić information content (AvgIpc) is 2.73. The van der Waals surface area contributed by atoms with Crippen LogP contribution in [0.1, 0.15) is 21.6 Å². The van der Waals surface area contributed by atoms with Gasteiger partial charge in [0.1, 0.15) is 5.82 Å². The molecule has 0 atom stereocenters. The molecule has 1 amide bonds. The lowest BCUT2D eigenvalue weighted by Crippen LogP contribution is -2.12. The molecule has 5 nitrogen and oxygen atoms in total. The molecule has 0 aliphatic rings. The molecule has 1 aromatic carbocycles. The van der Waals surface area contributed by atoms with Gasteiger partial charge in [0.25, 0.3) is 15.0 Å². The van der Waals surface area contributed by atoms with Crippen molar-refractivity contribution in [2.45, 2.75) is 18.1 Å². The third-order valence-corrected chi connectivity index (χ3v) is 5.87. The van der Waals surface area contributed by atoms with E-state index in [1.165, 1.54) is 32.0 Å². The normalized spacial score (nSPS) is 11.4. The first kappa shape index (κ1) is 15.9. The SMILES string of the molecule is Cc1cc(C(=O)Nc2nc(C)c(S(=O)(=O)Cl)s2)ccc1F. The van der Waals surface area contributed by atoms with Crippen molar-refractivity contribution in [3.63, 3.8) is 0 Å². The van der Waals surface area contributed by atoms with Crippen molar-refractivity contribution < 1.29 is 17.6 Å². The summed E-state index contributed by atoms with van der Waals surface area (Å²) >= 11 is 0.760. The fraction of sp³-hybridized carbons (Fsp3) is 0.167. The Hall–Kier alpha value is -1.51. The first-order valence-corrected chi connectivity index (χ1v) is 8.80. The van der Waals surface area contributed by atoms with Gasteiger partial charge in [-0.2, -0.15) is 0 Å². The number of nitrogens with zero attached hydrogens (tertiary/aromatic N) is 1. The zero-order chi connectivity index (χ0) is 15.8. The number of hydrogen-bond acceptors (Lipinski definition) is 5. The lowest BCUT2D eigenvalue weighted by atomic mass is 10.1. The molecule has 0 bridgehead atoms. The van der Waals surface area contributed by atoms with Gasteiger partial charge in [0, 0.05) is 16.2 Å². The molecule has 0 aliphatic carbocycles. The summed E-state index contributed by atoms with van der Waals surface area (Å²) in [5.41, 5.74) is 0.791. The Labute approximate surface area is 129 Å². The van der Waals surface area contributed by atoms with Crippen molar-refractivity contribution >= 4 is 42.1 Å². The molecule has 9 heteroatoms.